The van der Waals surface area contributed by atoms with E-state index < -0.39 is 66.3 Å². The van der Waals surface area contributed by atoms with E-state index in [4.69, 9.17) is 9.47 Å². The Bertz CT molecular complexity index is 1250. The van der Waals surface area contributed by atoms with E-state index in [1.165, 1.54) is 11.1 Å². The number of ether oxygens (including phenoxy) is 2. The van der Waals surface area contributed by atoms with Crippen LogP contribution in [0, 0.1) is 44.3 Å². The first kappa shape index (κ1) is 34.7. The molecule has 6 aliphatic rings. The van der Waals surface area contributed by atoms with Gasteiger partial charge in [-0.15, -0.1) is 0 Å². The Morgan fingerprint density at radius 2 is 1.54 bits per heavy atom. The second-order valence-electron chi connectivity index (χ2n) is 17.6. The number of allylic oxidation sites excluding steroid dienone is 2. The topological polar surface area (TPSA) is 177 Å². The molecule has 1 heterocycles. The van der Waals surface area contributed by atoms with Crippen molar-refractivity contribution in [2.45, 2.75) is 149 Å². The standard InChI is InChI=1S/C36H58O10/c1-31-13-14-34(4)19(7-8-22-33(3)11-10-24(39)36(6,30(43)44)23(33)9-12-35(22,34)5)20(31)15-32(2,18-38)25(16-31)46-29-28(42)27(41)26(40)21(17-37)45-29/h21-29,37-42H,7-18H2,1-6H3,(H,43,44)/t21-,22+,23+,24-,25+,26-,27+,28-,29+,31-,32-,33+,34+,35+,36+/m0/s1. The van der Waals surface area contributed by atoms with E-state index in [2.05, 4.69) is 27.7 Å². The highest BCUT2D eigenvalue weighted by Crippen LogP contribution is 2.75. The molecular weight excluding hydrogens is 592 g/mol. The quantitative estimate of drug-likeness (QED) is 0.219. The largest absolute Gasteiger partial charge is 0.481 e. The van der Waals surface area contributed by atoms with Crippen LogP contribution in [0.4, 0.5) is 0 Å². The molecule has 0 bridgehead atoms. The van der Waals surface area contributed by atoms with Crippen LogP contribution in [0.25, 0.3) is 0 Å². The smallest absolute Gasteiger partial charge is 0.312 e. The molecular formula is C36H58O10. The van der Waals surface area contributed by atoms with E-state index in [9.17, 15) is 40.5 Å². The van der Waals surface area contributed by atoms with Crippen molar-refractivity contribution >= 4 is 5.97 Å². The van der Waals surface area contributed by atoms with Gasteiger partial charge in [0.25, 0.3) is 0 Å². The fraction of sp³-hybridized carbons (Fsp3) is 0.917. The molecule has 10 heteroatoms. The Hall–Kier alpha value is -1.11. The van der Waals surface area contributed by atoms with E-state index in [1.54, 1.807) is 6.92 Å². The second-order valence-corrected chi connectivity index (χ2v) is 17.6. The number of carboxylic acid groups (broad SMARTS) is 1. The molecule has 262 valence electrons. The number of hydrogen-bond donors (Lipinski definition) is 7. The van der Waals surface area contributed by atoms with Gasteiger partial charge in [0.2, 0.25) is 0 Å². The minimum absolute atomic E-state index is 0.0405. The summed E-state index contributed by atoms with van der Waals surface area (Å²) in [6.07, 6.45) is -0.0887. The Labute approximate surface area is 273 Å². The second kappa shape index (κ2) is 11.2. The first-order valence-corrected chi connectivity index (χ1v) is 17.6. The van der Waals surface area contributed by atoms with E-state index >= 15 is 0 Å². The molecule has 0 aromatic heterocycles. The van der Waals surface area contributed by atoms with Crippen LogP contribution >= 0.6 is 0 Å². The lowest BCUT2D eigenvalue weighted by atomic mass is 9.34. The van der Waals surface area contributed by atoms with Crippen molar-refractivity contribution in [3.63, 3.8) is 0 Å². The maximum absolute atomic E-state index is 12.7. The van der Waals surface area contributed by atoms with Crippen LogP contribution in [0.5, 0.6) is 0 Å². The SMILES string of the molecule is C[C@@]12CC[C@]3(C)C(=C1C[C@@](C)(CO)[C@H](O[C@H]1O[C@@H](CO)[C@H](O)[C@@H](O)[C@@H]1O)C2)CC[C@@H]1[C@@]2(C)CC[C@H](O)[C@](C)(C(=O)O)[C@@H]2CC[C@]13C. The summed E-state index contributed by atoms with van der Waals surface area (Å²) >= 11 is 0. The van der Waals surface area contributed by atoms with E-state index in [0.29, 0.717) is 25.2 Å². The van der Waals surface area contributed by atoms with Gasteiger partial charge in [0.05, 0.1) is 30.8 Å². The van der Waals surface area contributed by atoms with Gasteiger partial charge in [-0.1, -0.05) is 45.8 Å². The molecule has 0 spiro atoms. The highest BCUT2D eigenvalue weighted by Gasteiger charge is 2.69. The number of aliphatic hydroxyl groups excluding tert-OH is 6. The lowest BCUT2D eigenvalue weighted by molar-refractivity contribution is -0.324. The third kappa shape index (κ3) is 4.53. The average molecular weight is 651 g/mol. The van der Waals surface area contributed by atoms with E-state index in [-0.39, 0.29) is 34.2 Å². The highest BCUT2D eigenvalue weighted by molar-refractivity contribution is 5.76. The summed E-state index contributed by atoms with van der Waals surface area (Å²) in [5.74, 6) is -0.638. The summed E-state index contributed by atoms with van der Waals surface area (Å²) in [6, 6.07) is 0. The number of aliphatic hydroxyl groups is 6. The minimum Gasteiger partial charge on any atom is -0.481 e. The van der Waals surface area contributed by atoms with Crippen LogP contribution in [-0.2, 0) is 14.3 Å². The lowest BCUT2D eigenvalue weighted by Gasteiger charge is -2.70. The molecule has 6 rings (SSSR count). The van der Waals surface area contributed by atoms with Gasteiger partial charge < -0.3 is 45.2 Å². The van der Waals surface area contributed by atoms with Gasteiger partial charge in [-0.25, -0.2) is 0 Å². The van der Waals surface area contributed by atoms with Crippen LogP contribution in [-0.4, -0.2) is 97.8 Å². The highest BCUT2D eigenvalue weighted by atomic mass is 16.7. The number of hydrogen-bond acceptors (Lipinski definition) is 9. The number of carbonyl (C=O) groups is 1. The number of fused-ring (bicyclic) bond motifs is 6. The van der Waals surface area contributed by atoms with Crippen LogP contribution in [0.2, 0.25) is 0 Å². The summed E-state index contributed by atoms with van der Waals surface area (Å²) in [7, 11) is 0. The van der Waals surface area contributed by atoms with Crippen molar-refractivity contribution in [3.05, 3.63) is 11.1 Å². The fourth-order valence-corrected chi connectivity index (χ4v) is 12.1. The normalized spacial score (nSPS) is 55.5. The molecule has 1 aliphatic heterocycles. The van der Waals surface area contributed by atoms with Crippen LogP contribution in [0.1, 0.15) is 106 Å². The fourth-order valence-electron chi connectivity index (χ4n) is 12.1. The van der Waals surface area contributed by atoms with Crippen molar-refractivity contribution in [1.29, 1.82) is 0 Å². The molecule has 46 heavy (non-hydrogen) atoms. The van der Waals surface area contributed by atoms with Gasteiger partial charge in [-0.05, 0) is 105 Å². The molecule has 1 saturated heterocycles. The van der Waals surface area contributed by atoms with Crippen LogP contribution in [0.3, 0.4) is 0 Å². The molecule has 0 unspecified atom stereocenters. The van der Waals surface area contributed by atoms with Gasteiger partial charge in [0, 0.05) is 5.41 Å². The van der Waals surface area contributed by atoms with Crippen LogP contribution < -0.4 is 0 Å². The maximum Gasteiger partial charge on any atom is 0.312 e. The molecule has 15 atom stereocenters. The van der Waals surface area contributed by atoms with Crippen molar-refractivity contribution in [2.75, 3.05) is 13.2 Å². The monoisotopic (exact) mass is 650 g/mol. The molecule has 5 aliphatic carbocycles. The van der Waals surface area contributed by atoms with E-state index in [0.717, 1.165) is 44.9 Å². The molecule has 7 N–H and O–H groups in total. The number of rotatable bonds is 5. The first-order chi connectivity index (χ1) is 21.4. The molecule has 0 amide bonds. The summed E-state index contributed by atoms with van der Waals surface area (Å²) in [5.41, 5.74) is 0.526. The molecule has 4 saturated carbocycles. The first-order valence-electron chi connectivity index (χ1n) is 17.6. The van der Waals surface area contributed by atoms with E-state index in [1.807, 2.05) is 6.92 Å². The maximum atomic E-state index is 12.7. The minimum atomic E-state index is -1.53. The van der Waals surface area contributed by atoms with Crippen molar-refractivity contribution < 1.29 is 50.0 Å². The predicted octanol–water partition coefficient (Wildman–Crippen LogP) is 3.15. The summed E-state index contributed by atoms with van der Waals surface area (Å²) in [6.45, 7) is 12.6. The van der Waals surface area contributed by atoms with Gasteiger partial charge in [-0.2, -0.15) is 0 Å². The zero-order valence-corrected chi connectivity index (χ0v) is 28.5. The van der Waals surface area contributed by atoms with Gasteiger partial charge in [-0.3, -0.25) is 4.79 Å². The van der Waals surface area contributed by atoms with Crippen molar-refractivity contribution in [3.8, 4) is 0 Å². The van der Waals surface area contributed by atoms with Crippen LogP contribution in [0.15, 0.2) is 11.1 Å². The number of carboxylic acids is 1. The molecule has 10 nitrogen and oxygen atoms in total. The summed E-state index contributed by atoms with van der Waals surface area (Å²) in [5, 5.41) is 73.3. The number of aliphatic carboxylic acids is 1. The Kier molecular flexibility index (Phi) is 8.46. The summed E-state index contributed by atoms with van der Waals surface area (Å²) in [4.78, 5) is 12.7. The zero-order chi connectivity index (χ0) is 33.8. The van der Waals surface area contributed by atoms with Gasteiger partial charge in [0.15, 0.2) is 6.29 Å². The summed E-state index contributed by atoms with van der Waals surface area (Å²) < 4.78 is 12.1. The third-order valence-electron chi connectivity index (χ3n) is 15.5. The van der Waals surface area contributed by atoms with Crippen molar-refractivity contribution in [2.24, 2.45) is 44.3 Å². The third-order valence-corrected chi connectivity index (χ3v) is 15.5. The van der Waals surface area contributed by atoms with Gasteiger partial charge >= 0.3 is 5.97 Å². The average Bonchev–Trinajstić information content (AvgIpc) is 3.00. The Morgan fingerprint density at radius 1 is 0.848 bits per heavy atom. The predicted molar refractivity (Wildman–Crippen MR) is 168 cm³/mol. The Morgan fingerprint density at radius 3 is 2.17 bits per heavy atom. The lowest BCUT2D eigenvalue weighted by Crippen LogP contribution is -2.66. The van der Waals surface area contributed by atoms with Crippen molar-refractivity contribution in [1.82, 2.24) is 0 Å². The van der Waals surface area contributed by atoms with Gasteiger partial charge in [0.1, 0.15) is 24.4 Å². The molecule has 5 fully saturated rings. The molecule has 0 radical (unpaired) electrons. The molecule has 0 aromatic carbocycles. The zero-order valence-electron chi connectivity index (χ0n) is 28.5. The Balaban J connectivity index is 1.33. The molecule has 0 aromatic rings.